The van der Waals surface area contributed by atoms with Gasteiger partial charge in [-0.25, -0.2) is 0 Å². The summed E-state index contributed by atoms with van der Waals surface area (Å²) in [6.45, 7) is 0. The molecule has 0 saturated heterocycles. The second-order valence-electron chi connectivity index (χ2n) is 3.92. The topological polar surface area (TPSA) is 26.3 Å². The van der Waals surface area contributed by atoms with Gasteiger partial charge in [-0.2, -0.15) is 0 Å². The molecule has 0 radical (unpaired) electrons. The molecule has 3 rings (SSSR count). The molecule has 2 aromatic rings. The van der Waals surface area contributed by atoms with Crippen LogP contribution in [0.15, 0.2) is 57.8 Å². The second-order valence-corrected chi connectivity index (χ2v) is 12.2. The molecular formula is C12H12GeO2. The van der Waals surface area contributed by atoms with Crippen LogP contribution in [0, 0.1) is 0 Å². The molecular weight excluding hydrogens is 249 g/mol. The third kappa shape index (κ3) is 1.32. The van der Waals surface area contributed by atoms with Crippen molar-refractivity contribution in [3.8, 4) is 0 Å². The van der Waals surface area contributed by atoms with Gasteiger partial charge in [0.2, 0.25) is 0 Å². The molecule has 0 aromatic carbocycles. The maximum atomic E-state index is 5.63. The van der Waals surface area contributed by atoms with Crippen LogP contribution >= 0.6 is 0 Å². The van der Waals surface area contributed by atoms with Gasteiger partial charge >= 0.3 is 90.7 Å². The van der Waals surface area contributed by atoms with Crippen molar-refractivity contribution in [2.45, 2.75) is 10.5 Å². The van der Waals surface area contributed by atoms with Crippen LogP contribution in [0.5, 0.6) is 0 Å². The minimum atomic E-state index is -2.29. The van der Waals surface area contributed by atoms with E-state index in [0.29, 0.717) is 0 Å². The van der Waals surface area contributed by atoms with Crippen LogP contribution < -0.4 is 9.19 Å². The molecule has 0 amide bonds. The Morgan fingerprint density at radius 2 is 1.40 bits per heavy atom. The summed E-state index contributed by atoms with van der Waals surface area (Å²) >= 11 is -2.29. The zero-order valence-corrected chi connectivity index (χ0v) is 10.4. The summed E-state index contributed by atoms with van der Waals surface area (Å²) in [6.07, 6.45) is 8.07. The van der Waals surface area contributed by atoms with E-state index >= 15 is 0 Å². The van der Waals surface area contributed by atoms with E-state index in [9.17, 15) is 0 Å². The molecule has 0 N–H and O–H groups in total. The molecule has 0 aliphatic carbocycles. The van der Waals surface area contributed by atoms with E-state index < -0.39 is 13.3 Å². The van der Waals surface area contributed by atoms with Crippen molar-refractivity contribution in [1.29, 1.82) is 0 Å². The van der Waals surface area contributed by atoms with Crippen LogP contribution in [0.4, 0.5) is 0 Å². The average Bonchev–Trinajstić information content (AvgIpc) is 3.02. The van der Waals surface area contributed by atoms with Gasteiger partial charge in [-0.05, 0) is 0 Å². The standard InChI is InChI=1S/C12H12GeO2/c1-2-8-13(7-1,11-5-3-9-14-11)12-6-4-10-15-12/h1-6,9-10H,7-8H2. The number of furan rings is 2. The first kappa shape index (κ1) is 9.10. The molecule has 76 valence electrons. The van der Waals surface area contributed by atoms with Gasteiger partial charge in [-0.3, -0.25) is 0 Å². The summed E-state index contributed by atoms with van der Waals surface area (Å²) in [5.41, 5.74) is 0. The van der Waals surface area contributed by atoms with Crippen LogP contribution in [-0.2, 0) is 0 Å². The normalized spacial score (nSPS) is 18.4. The molecule has 1 aliphatic rings. The summed E-state index contributed by atoms with van der Waals surface area (Å²) in [5, 5.41) is 2.28. The molecule has 0 unspecified atom stereocenters. The quantitative estimate of drug-likeness (QED) is 0.610. The predicted octanol–water partition coefficient (Wildman–Crippen LogP) is 2.01. The van der Waals surface area contributed by atoms with Gasteiger partial charge in [-0.1, -0.05) is 0 Å². The van der Waals surface area contributed by atoms with Crippen molar-refractivity contribution in [3.63, 3.8) is 0 Å². The summed E-state index contributed by atoms with van der Waals surface area (Å²) in [6, 6.07) is 8.16. The van der Waals surface area contributed by atoms with Crippen LogP contribution in [0.2, 0.25) is 10.5 Å². The molecule has 0 bridgehead atoms. The third-order valence-corrected chi connectivity index (χ3v) is 12.2. The van der Waals surface area contributed by atoms with E-state index in [0.717, 1.165) is 10.5 Å². The van der Waals surface area contributed by atoms with E-state index in [1.54, 1.807) is 12.5 Å². The van der Waals surface area contributed by atoms with Gasteiger partial charge < -0.3 is 0 Å². The number of rotatable bonds is 2. The van der Waals surface area contributed by atoms with Gasteiger partial charge in [0.25, 0.3) is 0 Å². The second kappa shape index (κ2) is 3.45. The number of allylic oxidation sites excluding steroid dienone is 2. The minimum absolute atomic E-state index is 1.14. The van der Waals surface area contributed by atoms with Crippen LogP contribution in [0.1, 0.15) is 0 Å². The Balaban J connectivity index is 2.11. The predicted molar refractivity (Wildman–Crippen MR) is 61.2 cm³/mol. The van der Waals surface area contributed by atoms with Gasteiger partial charge in [-0.15, -0.1) is 0 Å². The number of hydrogen-bond acceptors (Lipinski definition) is 2. The molecule has 1 aliphatic heterocycles. The van der Waals surface area contributed by atoms with Crippen LogP contribution in [0.25, 0.3) is 0 Å². The van der Waals surface area contributed by atoms with Crippen LogP contribution in [-0.4, -0.2) is 13.3 Å². The molecule has 15 heavy (non-hydrogen) atoms. The Morgan fingerprint density at radius 3 is 1.80 bits per heavy atom. The summed E-state index contributed by atoms with van der Waals surface area (Å²) in [7, 11) is 0. The van der Waals surface area contributed by atoms with Crippen molar-refractivity contribution < 1.29 is 8.83 Å². The molecule has 2 aromatic heterocycles. The summed E-state index contributed by atoms with van der Waals surface area (Å²) < 4.78 is 13.6. The van der Waals surface area contributed by atoms with Crippen molar-refractivity contribution in [3.05, 3.63) is 48.9 Å². The van der Waals surface area contributed by atoms with Crippen molar-refractivity contribution in [1.82, 2.24) is 0 Å². The molecule has 0 atom stereocenters. The van der Waals surface area contributed by atoms with Gasteiger partial charge in [0.05, 0.1) is 0 Å². The summed E-state index contributed by atoms with van der Waals surface area (Å²) in [4.78, 5) is 0. The Hall–Kier alpha value is -1.16. The molecule has 0 saturated carbocycles. The van der Waals surface area contributed by atoms with Crippen molar-refractivity contribution in [2.24, 2.45) is 0 Å². The number of hydrogen-bond donors (Lipinski definition) is 0. The van der Waals surface area contributed by atoms with Gasteiger partial charge in [0.15, 0.2) is 0 Å². The fourth-order valence-electron chi connectivity index (χ4n) is 2.28. The zero-order chi connectivity index (χ0) is 10.1. The Morgan fingerprint density at radius 1 is 0.867 bits per heavy atom. The fourth-order valence-corrected chi connectivity index (χ4v) is 10.2. The molecule has 0 fully saturated rings. The summed E-state index contributed by atoms with van der Waals surface area (Å²) in [5.74, 6) is 0. The Labute approximate surface area is 90.9 Å². The van der Waals surface area contributed by atoms with Gasteiger partial charge in [0, 0.05) is 0 Å². The van der Waals surface area contributed by atoms with E-state index in [2.05, 4.69) is 24.3 Å². The zero-order valence-electron chi connectivity index (χ0n) is 8.35. The van der Waals surface area contributed by atoms with E-state index in [4.69, 9.17) is 8.83 Å². The molecule has 2 nitrogen and oxygen atoms in total. The van der Waals surface area contributed by atoms with Crippen molar-refractivity contribution in [2.75, 3.05) is 0 Å². The van der Waals surface area contributed by atoms with E-state index in [1.165, 1.54) is 9.19 Å². The van der Waals surface area contributed by atoms with Crippen molar-refractivity contribution >= 4 is 22.5 Å². The van der Waals surface area contributed by atoms with E-state index in [-0.39, 0.29) is 0 Å². The Kier molecular flexibility index (Phi) is 2.09. The fraction of sp³-hybridized carbons (Fsp3) is 0.167. The van der Waals surface area contributed by atoms with E-state index in [1.807, 2.05) is 12.1 Å². The molecule has 3 heteroatoms. The molecule has 3 heterocycles. The first-order valence-electron chi connectivity index (χ1n) is 5.15. The third-order valence-electron chi connectivity index (χ3n) is 3.08. The maximum absolute atomic E-state index is 5.63. The SMILES string of the molecule is C1=C[CH2][Ge]([c]2ccco2)([c]2ccco2)[CH2]1. The first-order chi connectivity index (χ1) is 7.42. The van der Waals surface area contributed by atoms with Gasteiger partial charge in [0.1, 0.15) is 0 Å². The monoisotopic (exact) mass is 262 g/mol. The first-order valence-corrected chi connectivity index (χ1v) is 10.2. The average molecular weight is 261 g/mol. The molecule has 0 spiro atoms. The Bertz CT molecular complexity index is 410. The van der Waals surface area contributed by atoms with Crippen LogP contribution in [0.3, 0.4) is 0 Å².